The van der Waals surface area contributed by atoms with E-state index >= 15 is 0 Å². The van der Waals surface area contributed by atoms with E-state index < -0.39 is 23.5 Å². The number of fused-ring (bicyclic) bond motifs is 2. The summed E-state index contributed by atoms with van der Waals surface area (Å²) in [4.78, 5) is 2.38. The Labute approximate surface area is 160 Å². The van der Waals surface area contributed by atoms with Gasteiger partial charge in [0.15, 0.2) is 11.6 Å². The maximum atomic E-state index is 14.1. The topological polar surface area (TPSA) is 32.7 Å². The summed E-state index contributed by atoms with van der Waals surface area (Å²) >= 11 is 0. The number of nitrogens with zero attached hydrogens (tertiary/aromatic N) is 1. The van der Waals surface area contributed by atoms with Crippen LogP contribution in [0.3, 0.4) is 0 Å². The molecule has 0 aromatic heterocycles. The zero-order valence-corrected chi connectivity index (χ0v) is 15.1. The van der Waals surface area contributed by atoms with E-state index in [-0.39, 0.29) is 12.1 Å². The molecule has 2 aliphatic heterocycles. The van der Waals surface area contributed by atoms with Crippen LogP contribution in [0.15, 0.2) is 48.5 Å². The van der Waals surface area contributed by atoms with Crippen molar-refractivity contribution >= 4 is 0 Å². The van der Waals surface area contributed by atoms with Crippen LogP contribution in [0.2, 0.25) is 0 Å². The largest absolute Gasteiger partial charge is 0.573 e. The molecule has 4 rings (SSSR count). The fourth-order valence-electron chi connectivity index (χ4n) is 4.60. The molecule has 2 fully saturated rings. The zero-order valence-electron chi connectivity index (χ0n) is 15.1. The average molecular weight is 395 g/mol. The minimum atomic E-state index is -4.96. The number of rotatable bonds is 4. The number of hydrogen-bond acceptors (Lipinski definition) is 3. The fourth-order valence-corrected chi connectivity index (χ4v) is 4.60. The first-order valence-electron chi connectivity index (χ1n) is 9.31. The lowest BCUT2D eigenvalue weighted by molar-refractivity contribution is -0.275. The van der Waals surface area contributed by atoms with E-state index in [0.717, 1.165) is 31.5 Å². The Morgan fingerprint density at radius 3 is 2.25 bits per heavy atom. The first-order valence-corrected chi connectivity index (χ1v) is 9.31. The molecule has 0 radical (unpaired) electrons. The van der Waals surface area contributed by atoms with Crippen LogP contribution in [0.5, 0.6) is 5.75 Å². The van der Waals surface area contributed by atoms with Crippen LogP contribution in [-0.2, 0) is 12.1 Å². The maximum Gasteiger partial charge on any atom is 0.573 e. The molecule has 2 unspecified atom stereocenters. The van der Waals surface area contributed by atoms with E-state index in [9.17, 15) is 22.7 Å². The van der Waals surface area contributed by atoms with E-state index in [1.165, 1.54) is 11.6 Å². The van der Waals surface area contributed by atoms with Crippen LogP contribution in [0, 0.1) is 5.82 Å². The molecule has 3 nitrogen and oxygen atoms in total. The third-order valence-electron chi connectivity index (χ3n) is 5.82. The number of aliphatic hydroxyl groups is 1. The minimum Gasteiger partial charge on any atom is -0.403 e. The molecule has 2 heterocycles. The van der Waals surface area contributed by atoms with Crippen molar-refractivity contribution in [2.75, 3.05) is 0 Å². The van der Waals surface area contributed by atoms with Crippen molar-refractivity contribution in [1.29, 1.82) is 0 Å². The van der Waals surface area contributed by atoms with Crippen molar-refractivity contribution in [2.24, 2.45) is 0 Å². The van der Waals surface area contributed by atoms with Crippen molar-refractivity contribution in [3.63, 3.8) is 0 Å². The van der Waals surface area contributed by atoms with Crippen LogP contribution < -0.4 is 4.74 Å². The molecule has 2 atom stereocenters. The third kappa shape index (κ3) is 3.86. The molecule has 0 aliphatic carbocycles. The van der Waals surface area contributed by atoms with Gasteiger partial charge in [0.2, 0.25) is 0 Å². The van der Waals surface area contributed by atoms with Gasteiger partial charge in [-0.1, -0.05) is 36.4 Å². The summed E-state index contributed by atoms with van der Waals surface area (Å²) in [5.74, 6) is -2.01. The monoisotopic (exact) mass is 395 g/mol. The van der Waals surface area contributed by atoms with Crippen LogP contribution >= 0.6 is 0 Å². The molecular formula is C21H21F4NO2. The summed E-state index contributed by atoms with van der Waals surface area (Å²) in [5.41, 5.74) is 0.247. The molecule has 2 aromatic rings. The van der Waals surface area contributed by atoms with Crippen molar-refractivity contribution in [2.45, 2.75) is 56.3 Å². The lowest BCUT2D eigenvalue weighted by Crippen LogP contribution is -2.49. The van der Waals surface area contributed by atoms with Gasteiger partial charge < -0.3 is 9.84 Å². The minimum absolute atomic E-state index is 0.151. The first kappa shape index (κ1) is 19.2. The van der Waals surface area contributed by atoms with Gasteiger partial charge in [-0.2, -0.15) is 0 Å². The number of hydrogen-bond donors (Lipinski definition) is 1. The van der Waals surface area contributed by atoms with E-state index in [1.807, 2.05) is 18.2 Å². The van der Waals surface area contributed by atoms with Crippen molar-refractivity contribution in [1.82, 2.24) is 4.90 Å². The highest BCUT2D eigenvalue weighted by molar-refractivity contribution is 5.34. The molecule has 2 aromatic carbocycles. The van der Waals surface area contributed by atoms with Gasteiger partial charge in [-0.15, -0.1) is 13.2 Å². The molecule has 0 amide bonds. The average Bonchev–Trinajstić information content (AvgIpc) is 2.87. The van der Waals surface area contributed by atoms with Gasteiger partial charge in [0, 0.05) is 18.6 Å². The third-order valence-corrected chi connectivity index (χ3v) is 5.82. The first-order chi connectivity index (χ1) is 13.2. The SMILES string of the molecule is OC1(c2ccc(OC(F)(F)F)c(F)c2)CC2CCC(C1)N2Cc1ccccc1. The second kappa shape index (κ2) is 7.04. The quantitative estimate of drug-likeness (QED) is 0.759. The number of benzene rings is 2. The van der Waals surface area contributed by atoms with Crippen LogP contribution in [0.4, 0.5) is 17.6 Å². The molecule has 28 heavy (non-hydrogen) atoms. The van der Waals surface area contributed by atoms with Gasteiger partial charge in [-0.25, -0.2) is 4.39 Å². The summed E-state index contributed by atoms with van der Waals surface area (Å²) in [6, 6.07) is 13.6. The smallest absolute Gasteiger partial charge is 0.403 e. The number of halogens is 4. The molecule has 0 spiro atoms. The Morgan fingerprint density at radius 1 is 1.04 bits per heavy atom. The number of ether oxygens (including phenoxy) is 1. The molecule has 1 N–H and O–H groups in total. The van der Waals surface area contributed by atoms with Gasteiger partial charge in [-0.3, -0.25) is 4.90 Å². The Hall–Kier alpha value is -2.12. The molecule has 0 saturated carbocycles. The summed E-state index contributed by atoms with van der Waals surface area (Å²) in [6.07, 6.45) is -2.22. The van der Waals surface area contributed by atoms with Gasteiger partial charge in [-0.05, 0) is 48.9 Å². The fraction of sp³-hybridized carbons (Fsp3) is 0.429. The maximum absolute atomic E-state index is 14.1. The van der Waals surface area contributed by atoms with Gasteiger partial charge in [0.1, 0.15) is 0 Å². The molecule has 2 aliphatic rings. The Balaban J connectivity index is 1.52. The number of alkyl halides is 3. The molecule has 7 heteroatoms. The lowest BCUT2D eigenvalue weighted by atomic mass is 9.80. The Morgan fingerprint density at radius 2 is 1.68 bits per heavy atom. The van der Waals surface area contributed by atoms with Crippen LogP contribution in [0.1, 0.15) is 36.8 Å². The number of piperidine rings is 1. The van der Waals surface area contributed by atoms with Crippen molar-refractivity contribution in [3.8, 4) is 5.75 Å². The molecule has 150 valence electrons. The highest BCUT2D eigenvalue weighted by atomic mass is 19.4. The van der Waals surface area contributed by atoms with Gasteiger partial charge >= 0.3 is 6.36 Å². The predicted molar refractivity (Wildman–Crippen MR) is 95.0 cm³/mol. The summed E-state index contributed by atoms with van der Waals surface area (Å²) < 4.78 is 54.8. The highest BCUT2D eigenvalue weighted by Gasteiger charge is 2.48. The lowest BCUT2D eigenvalue weighted by Gasteiger charge is -2.44. The summed E-state index contributed by atoms with van der Waals surface area (Å²) in [6.45, 7) is 0.791. The van der Waals surface area contributed by atoms with E-state index in [1.54, 1.807) is 0 Å². The molecule has 2 bridgehead atoms. The van der Waals surface area contributed by atoms with Gasteiger partial charge in [0.25, 0.3) is 0 Å². The summed E-state index contributed by atoms with van der Waals surface area (Å²) in [7, 11) is 0. The summed E-state index contributed by atoms with van der Waals surface area (Å²) in [5, 5.41) is 11.2. The normalized spacial score (nSPS) is 27.8. The van der Waals surface area contributed by atoms with Crippen molar-refractivity contribution in [3.05, 3.63) is 65.5 Å². The standard InChI is InChI=1S/C21H21F4NO2/c22-18-10-15(6-9-19(18)28-21(23,24)25)20(27)11-16-7-8-17(12-20)26(16)13-14-4-2-1-3-5-14/h1-6,9-10,16-17,27H,7-8,11-13H2. The molecular weight excluding hydrogens is 374 g/mol. The van der Waals surface area contributed by atoms with Crippen molar-refractivity contribution < 1.29 is 27.4 Å². The van der Waals surface area contributed by atoms with E-state index in [0.29, 0.717) is 18.4 Å². The Bertz CT molecular complexity index is 826. The highest BCUT2D eigenvalue weighted by Crippen LogP contribution is 2.46. The second-order valence-corrected chi connectivity index (χ2v) is 7.68. The van der Waals surface area contributed by atoms with Crippen LogP contribution in [-0.4, -0.2) is 28.5 Å². The zero-order chi connectivity index (χ0) is 19.9. The van der Waals surface area contributed by atoms with E-state index in [2.05, 4.69) is 21.8 Å². The Kier molecular flexibility index (Phi) is 4.83. The molecule has 2 saturated heterocycles. The second-order valence-electron chi connectivity index (χ2n) is 7.68. The predicted octanol–water partition coefficient (Wildman–Crippen LogP) is 4.74. The van der Waals surface area contributed by atoms with Crippen LogP contribution in [0.25, 0.3) is 0 Å². The van der Waals surface area contributed by atoms with Gasteiger partial charge in [0.05, 0.1) is 5.60 Å². The van der Waals surface area contributed by atoms with E-state index in [4.69, 9.17) is 0 Å².